The van der Waals surface area contributed by atoms with Crippen LogP contribution in [0, 0.1) is 6.92 Å². The molecule has 1 heterocycles. The number of alkyl halides is 2. The van der Waals surface area contributed by atoms with E-state index < -0.39 is 18.0 Å². The van der Waals surface area contributed by atoms with Crippen molar-refractivity contribution in [1.82, 2.24) is 4.98 Å². The minimum Gasteiger partial charge on any atom is -0.321 e. The Morgan fingerprint density at radius 3 is 2.60 bits per heavy atom. The molecule has 3 nitrogen and oxygen atoms in total. The number of rotatable bonds is 4. The summed E-state index contributed by atoms with van der Waals surface area (Å²) in [6, 6.07) is 15.0. The van der Waals surface area contributed by atoms with Gasteiger partial charge in [0, 0.05) is 10.0 Å². The maximum atomic E-state index is 13.1. The molecule has 0 aliphatic heterocycles. The fourth-order valence-electron chi connectivity index (χ4n) is 2.42. The second-order valence-corrected chi connectivity index (χ2v) is 7.38. The van der Waals surface area contributed by atoms with Crippen molar-refractivity contribution in [3.05, 3.63) is 68.6 Å². The minimum atomic E-state index is -2.79. The smallest absolute Gasteiger partial charge is 0.282 e. The van der Waals surface area contributed by atoms with E-state index in [1.165, 1.54) is 0 Å². The molecule has 3 aromatic rings. The van der Waals surface area contributed by atoms with Gasteiger partial charge in [-0.25, -0.2) is 13.8 Å². The quantitative estimate of drug-likeness (QED) is 0.554. The first kappa shape index (κ1) is 17.7. The molecule has 0 aliphatic rings. The molecule has 128 valence electrons. The number of aryl methyl sites for hydroxylation is 1. The third kappa shape index (κ3) is 3.93. The molecular formula is C18H13BrF2N2OS. The highest BCUT2D eigenvalue weighted by Gasteiger charge is 2.24. The summed E-state index contributed by atoms with van der Waals surface area (Å²) in [4.78, 5) is 16.3. The van der Waals surface area contributed by atoms with Gasteiger partial charge in [-0.05, 0) is 24.6 Å². The van der Waals surface area contributed by atoms with Crippen molar-refractivity contribution in [2.24, 2.45) is 0 Å². The van der Waals surface area contributed by atoms with Gasteiger partial charge in [0.1, 0.15) is 10.6 Å². The van der Waals surface area contributed by atoms with E-state index in [1.807, 2.05) is 42.5 Å². The largest absolute Gasteiger partial charge is 0.321 e. The van der Waals surface area contributed by atoms with Gasteiger partial charge in [-0.1, -0.05) is 52.3 Å². The van der Waals surface area contributed by atoms with Crippen LogP contribution in [-0.4, -0.2) is 10.9 Å². The fraction of sp³-hybridized carbons (Fsp3) is 0.111. The van der Waals surface area contributed by atoms with Gasteiger partial charge in [-0.2, -0.15) is 0 Å². The van der Waals surface area contributed by atoms with E-state index in [9.17, 15) is 13.6 Å². The maximum Gasteiger partial charge on any atom is 0.282 e. The molecule has 0 unspecified atom stereocenters. The van der Waals surface area contributed by atoms with Gasteiger partial charge in [0.25, 0.3) is 12.3 Å². The number of benzene rings is 2. The predicted molar refractivity (Wildman–Crippen MR) is 99.3 cm³/mol. The standard InChI is InChI=1S/C18H13BrF2N2OS/c1-10-22-15(17(20)21)16(25-10)18(24)23-14-9-12(19)7-8-13(14)11-5-3-2-4-6-11/h2-9,17H,1H3,(H,23,24). The lowest BCUT2D eigenvalue weighted by atomic mass is 10.0. The van der Waals surface area contributed by atoms with Crippen molar-refractivity contribution >= 4 is 38.9 Å². The molecule has 1 aromatic heterocycles. The first-order valence-electron chi connectivity index (χ1n) is 7.37. The summed E-state index contributed by atoms with van der Waals surface area (Å²) in [5.74, 6) is -0.587. The second-order valence-electron chi connectivity index (χ2n) is 5.26. The predicted octanol–water partition coefficient (Wildman–Crippen LogP) is 6.07. The molecular weight excluding hydrogens is 410 g/mol. The molecule has 0 saturated carbocycles. The summed E-state index contributed by atoms with van der Waals surface area (Å²) in [7, 11) is 0. The Morgan fingerprint density at radius 1 is 1.20 bits per heavy atom. The summed E-state index contributed by atoms with van der Waals surface area (Å²) < 4.78 is 27.0. The van der Waals surface area contributed by atoms with Crippen molar-refractivity contribution in [3.8, 4) is 11.1 Å². The number of amides is 1. The lowest BCUT2D eigenvalue weighted by Gasteiger charge is -2.12. The highest BCUT2D eigenvalue weighted by Crippen LogP contribution is 2.33. The van der Waals surface area contributed by atoms with Crippen LogP contribution in [0.5, 0.6) is 0 Å². The first-order chi connectivity index (χ1) is 12.0. The van der Waals surface area contributed by atoms with Gasteiger partial charge < -0.3 is 5.32 Å². The summed E-state index contributed by atoms with van der Waals surface area (Å²) in [5.41, 5.74) is 1.78. The molecule has 0 fully saturated rings. The molecule has 0 saturated heterocycles. The number of aromatic nitrogens is 1. The van der Waals surface area contributed by atoms with Crippen LogP contribution in [0.15, 0.2) is 53.0 Å². The van der Waals surface area contributed by atoms with Gasteiger partial charge in [0.05, 0.1) is 10.7 Å². The van der Waals surface area contributed by atoms with E-state index in [0.29, 0.717) is 10.7 Å². The van der Waals surface area contributed by atoms with Crippen molar-refractivity contribution in [1.29, 1.82) is 0 Å². The van der Waals surface area contributed by atoms with E-state index in [2.05, 4.69) is 26.2 Å². The Hall–Kier alpha value is -2.12. The van der Waals surface area contributed by atoms with Crippen LogP contribution in [0.2, 0.25) is 0 Å². The van der Waals surface area contributed by atoms with Gasteiger partial charge in [0.15, 0.2) is 0 Å². The number of nitrogens with one attached hydrogen (secondary N) is 1. The van der Waals surface area contributed by atoms with E-state index in [1.54, 1.807) is 13.0 Å². The van der Waals surface area contributed by atoms with E-state index >= 15 is 0 Å². The average molecular weight is 423 g/mol. The Labute approximate surface area is 155 Å². The van der Waals surface area contributed by atoms with Gasteiger partial charge >= 0.3 is 0 Å². The molecule has 7 heteroatoms. The molecule has 3 rings (SSSR count). The summed E-state index contributed by atoms with van der Waals surface area (Å²) >= 11 is 4.34. The lowest BCUT2D eigenvalue weighted by molar-refractivity contribution is 0.101. The van der Waals surface area contributed by atoms with Crippen molar-refractivity contribution in [2.75, 3.05) is 5.32 Å². The van der Waals surface area contributed by atoms with Gasteiger partial charge in [0.2, 0.25) is 0 Å². The molecule has 0 bridgehead atoms. The number of thiazole rings is 1. The number of anilines is 1. The first-order valence-corrected chi connectivity index (χ1v) is 8.98. The molecule has 0 atom stereocenters. The topological polar surface area (TPSA) is 42.0 Å². The summed E-state index contributed by atoms with van der Waals surface area (Å²) in [5, 5.41) is 3.17. The second kappa shape index (κ2) is 7.41. The summed E-state index contributed by atoms with van der Waals surface area (Å²) in [6.07, 6.45) is -2.79. The van der Waals surface area contributed by atoms with Crippen LogP contribution < -0.4 is 5.32 Å². The van der Waals surface area contributed by atoms with Crippen LogP contribution in [-0.2, 0) is 0 Å². The SMILES string of the molecule is Cc1nc(C(F)F)c(C(=O)Nc2cc(Br)ccc2-c2ccccc2)s1. The summed E-state index contributed by atoms with van der Waals surface area (Å²) in [6.45, 7) is 1.60. The van der Waals surface area contributed by atoms with E-state index in [0.717, 1.165) is 26.9 Å². The van der Waals surface area contributed by atoms with Crippen molar-refractivity contribution < 1.29 is 13.6 Å². The zero-order chi connectivity index (χ0) is 18.0. The van der Waals surface area contributed by atoms with Crippen LogP contribution in [0.3, 0.4) is 0 Å². The molecule has 1 N–H and O–H groups in total. The Morgan fingerprint density at radius 2 is 1.92 bits per heavy atom. The number of carbonyl (C=O) groups is 1. The lowest BCUT2D eigenvalue weighted by Crippen LogP contribution is -2.13. The average Bonchev–Trinajstić information content (AvgIpc) is 2.98. The van der Waals surface area contributed by atoms with Gasteiger partial charge in [-0.3, -0.25) is 4.79 Å². The Bertz CT molecular complexity index is 913. The molecule has 2 aromatic carbocycles. The maximum absolute atomic E-state index is 13.1. The third-order valence-corrected chi connectivity index (χ3v) is 4.97. The fourth-order valence-corrected chi connectivity index (χ4v) is 3.61. The Balaban J connectivity index is 1.98. The van der Waals surface area contributed by atoms with Crippen LogP contribution >= 0.6 is 27.3 Å². The van der Waals surface area contributed by atoms with Gasteiger partial charge in [-0.15, -0.1) is 11.3 Å². The third-order valence-electron chi connectivity index (χ3n) is 3.49. The molecule has 1 amide bonds. The normalized spacial score (nSPS) is 10.9. The number of hydrogen-bond acceptors (Lipinski definition) is 3. The molecule has 0 radical (unpaired) electrons. The van der Waals surface area contributed by atoms with E-state index in [-0.39, 0.29) is 4.88 Å². The van der Waals surface area contributed by atoms with Crippen molar-refractivity contribution in [3.63, 3.8) is 0 Å². The monoisotopic (exact) mass is 422 g/mol. The Kier molecular flexibility index (Phi) is 5.24. The molecule has 0 spiro atoms. The highest BCUT2D eigenvalue weighted by atomic mass is 79.9. The molecule has 0 aliphatic carbocycles. The minimum absolute atomic E-state index is 0.0634. The zero-order valence-electron chi connectivity index (χ0n) is 13.1. The number of carbonyl (C=O) groups excluding carboxylic acids is 1. The van der Waals surface area contributed by atoms with Crippen LogP contribution in [0.1, 0.15) is 26.8 Å². The van der Waals surface area contributed by atoms with Crippen molar-refractivity contribution in [2.45, 2.75) is 13.3 Å². The number of halogens is 3. The molecule has 25 heavy (non-hydrogen) atoms. The van der Waals surface area contributed by atoms with E-state index in [4.69, 9.17) is 0 Å². The highest BCUT2D eigenvalue weighted by molar-refractivity contribution is 9.10. The number of hydrogen-bond donors (Lipinski definition) is 1. The van der Waals surface area contributed by atoms with Crippen LogP contribution in [0.4, 0.5) is 14.5 Å². The zero-order valence-corrected chi connectivity index (χ0v) is 15.5. The van der Waals surface area contributed by atoms with Crippen LogP contribution in [0.25, 0.3) is 11.1 Å². The number of nitrogens with zero attached hydrogens (tertiary/aromatic N) is 1.